The highest BCUT2D eigenvalue weighted by molar-refractivity contribution is 6.10. The summed E-state index contributed by atoms with van der Waals surface area (Å²) in [6.07, 6.45) is 1.64. The summed E-state index contributed by atoms with van der Waals surface area (Å²) in [5.41, 5.74) is 5.62. The lowest BCUT2D eigenvalue weighted by Gasteiger charge is -2.12. The Kier molecular flexibility index (Phi) is 4.48. The monoisotopic (exact) mass is 369 g/mol. The van der Waals surface area contributed by atoms with Crippen molar-refractivity contribution in [3.05, 3.63) is 64.1 Å². The zero-order valence-corrected chi connectivity index (χ0v) is 14.9. The number of aryl methyl sites for hydroxylation is 2. The fourth-order valence-corrected chi connectivity index (χ4v) is 3.01. The van der Waals surface area contributed by atoms with Crippen LogP contribution in [-0.2, 0) is 0 Å². The lowest BCUT2D eigenvalue weighted by Crippen LogP contribution is -1.98. The number of aromatic amines is 1. The van der Waals surface area contributed by atoms with Crippen molar-refractivity contribution in [3.63, 3.8) is 0 Å². The molecule has 0 fully saturated rings. The Morgan fingerprint density at radius 1 is 1.12 bits per heavy atom. The van der Waals surface area contributed by atoms with Crippen LogP contribution in [0.25, 0.3) is 21.9 Å². The van der Waals surface area contributed by atoms with Crippen LogP contribution >= 0.6 is 12.4 Å². The molecule has 0 saturated heterocycles. The number of fused-ring (bicyclic) bond motifs is 3. The third-order valence-corrected chi connectivity index (χ3v) is 4.18. The number of pyridine rings is 1. The highest BCUT2D eigenvalue weighted by atomic mass is 35.5. The highest BCUT2D eigenvalue weighted by Crippen LogP contribution is 2.32. The quantitative estimate of drug-likeness (QED) is 0.399. The zero-order valence-electron chi connectivity index (χ0n) is 14.1. The van der Waals surface area contributed by atoms with Crippen molar-refractivity contribution in [2.24, 2.45) is 0 Å². The second kappa shape index (κ2) is 6.61. The maximum absolute atomic E-state index is 11.2. The number of hydrogen-bond acceptors (Lipinski definition) is 5. The van der Waals surface area contributed by atoms with Gasteiger partial charge in [-0.15, -0.1) is 12.4 Å². The first kappa shape index (κ1) is 17.6. The minimum absolute atomic E-state index is 0. The summed E-state index contributed by atoms with van der Waals surface area (Å²) in [6, 6.07) is 10.9. The zero-order chi connectivity index (χ0) is 17.6. The Balaban J connectivity index is 0.00000196. The first-order chi connectivity index (χ1) is 12.0. The van der Waals surface area contributed by atoms with Crippen molar-refractivity contribution in [1.29, 1.82) is 0 Å². The van der Waals surface area contributed by atoms with Crippen LogP contribution in [-0.4, -0.2) is 19.9 Å². The number of nitro benzene ring substituents is 1. The third-order valence-electron chi connectivity index (χ3n) is 4.18. The van der Waals surface area contributed by atoms with E-state index in [1.54, 1.807) is 25.4 Å². The Hall–Kier alpha value is -3.19. The maximum atomic E-state index is 11.2. The normalized spacial score (nSPS) is 10.7. The lowest BCUT2D eigenvalue weighted by molar-refractivity contribution is -0.385. The minimum atomic E-state index is -0.372. The van der Waals surface area contributed by atoms with Crippen LogP contribution in [0.5, 0.6) is 0 Å². The second-order valence-corrected chi connectivity index (χ2v) is 5.95. The maximum Gasteiger partial charge on any atom is 0.274 e. The molecule has 8 heteroatoms. The van der Waals surface area contributed by atoms with Crippen LogP contribution in [0.1, 0.15) is 11.3 Å². The van der Waals surface area contributed by atoms with Crippen molar-refractivity contribution in [3.8, 4) is 0 Å². The molecule has 4 rings (SSSR count). The van der Waals surface area contributed by atoms with Gasteiger partial charge < -0.3 is 10.3 Å². The van der Waals surface area contributed by atoms with E-state index in [0.29, 0.717) is 11.3 Å². The number of nitrogens with zero attached hydrogens (tertiary/aromatic N) is 3. The molecule has 0 bridgehead atoms. The second-order valence-electron chi connectivity index (χ2n) is 5.95. The Bertz CT molecular complexity index is 1140. The average molecular weight is 370 g/mol. The van der Waals surface area contributed by atoms with Crippen LogP contribution in [0.2, 0.25) is 0 Å². The Morgan fingerprint density at radius 2 is 1.88 bits per heavy atom. The van der Waals surface area contributed by atoms with Crippen LogP contribution in [0, 0.1) is 24.0 Å². The number of nitro groups is 1. The molecule has 0 aliphatic carbocycles. The summed E-state index contributed by atoms with van der Waals surface area (Å²) < 4.78 is 0. The average Bonchev–Trinajstić information content (AvgIpc) is 3.04. The molecular weight excluding hydrogens is 354 g/mol. The van der Waals surface area contributed by atoms with Gasteiger partial charge >= 0.3 is 0 Å². The SMILES string of the molecule is Cc1cc(Nc2ccc(C)c([N+](=O)[O-])c2)c2c(ccc3nc[nH]c32)n1.Cl. The van der Waals surface area contributed by atoms with Gasteiger partial charge in [0.15, 0.2) is 0 Å². The summed E-state index contributed by atoms with van der Waals surface area (Å²) in [4.78, 5) is 22.8. The summed E-state index contributed by atoms with van der Waals surface area (Å²) in [7, 11) is 0. The van der Waals surface area contributed by atoms with E-state index in [9.17, 15) is 10.1 Å². The molecule has 0 atom stereocenters. The smallest absolute Gasteiger partial charge is 0.274 e. The fourth-order valence-electron chi connectivity index (χ4n) is 3.01. The molecule has 0 saturated carbocycles. The van der Waals surface area contributed by atoms with Crippen LogP contribution < -0.4 is 5.32 Å². The molecular formula is C18H16ClN5O2. The molecule has 0 radical (unpaired) electrons. The molecule has 0 unspecified atom stereocenters. The molecule has 2 aromatic heterocycles. The summed E-state index contributed by atoms with van der Waals surface area (Å²) in [5.74, 6) is 0. The van der Waals surface area contributed by atoms with Crippen LogP contribution in [0.4, 0.5) is 17.1 Å². The molecule has 26 heavy (non-hydrogen) atoms. The van der Waals surface area contributed by atoms with Crippen molar-refractivity contribution in [1.82, 2.24) is 15.0 Å². The number of rotatable bonds is 3. The number of aromatic nitrogens is 3. The summed E-state index contributed by atoms with van der Waals surface area (Å²) in [6.45, 7) is 3.64. The Labute approximate surface area is 155 Å². The number of imidazole rings is 1. The van der Waals surface area contributed by atoms with Gasteiger partial charge in [0.25, 0.3) is 5.69 Å². The lowest BCUT2D eigenvalue weighted by atomic mass is 10.1. The van der Waals surface area contributed by atoms with Crippen molar-refractivity contribution in [2.75, 3.05) is 5.32 Å². The Morgan fingerprint density at radius 3 is 2.65 bits per heavy atom. The van der Waals surface area contributed by atoms with Crippen LogP contribution in [0.15, 0.2) is 42.7 Å². The molecule has 2 N–H and O–H groups in total. The van der Waals surface area contributed by atoms with Gasteiger partial charge in [-0.3, -0.25) is 15.1 Å². The van der Waals surface area contributed by atoms with E-state index < -0.39 is 0 Å². The van der Waals surface area contributed by atoms with Gasteiger partial charge in [0.1, 0.15) is 0 Å². The van der Waals surface area contributed by atoms with Gasteiger partial charge in [0.2, 0.25) is 0 Å². The van der Waals surface area contributed by atoms with E-state index in [1.165, 1.54) is 0 Å². The van der Waals surface area contributed by atoms with Crippen molar-refractivity contribution in [2.45, 2.75) is 13.8 Å². The number of anilines is 2. The molecule has 0 aliphatic rings. The summed E-state index contributed by atoms with van der Waals surface area (Å²) in [5, 5.41) is 15.4. The first-order valence-corrected chi connectivity index (χ1v) is 7.78. The fraction of sp³-hybridized carbons (Fsp3) is 0.111. The number of H-pyrrole nitrogens is 1. The number of nitrogens with one attached hydrogen (secondary N) is 2. The largest absolute Gasteiger partial charge is 0.355 e. The number of hydrogen-bond donors (Lipinski definition) is 2. The standard InChI is InChI=1S/C18H15N5O2.ClH/c1-10-3-4-12(8-16(10)23(24)25)22-15-7-11(2)21-13-5-6-14-18(17(13)15)20-9-19-14;/h3-9H,1-2H3,(H,19,20)(H,21,22);1H. The molecule has 4 aromatic rings. The van der Waals surface area contributed by atoms with Gasteiger partial charge in [-0.2, -0.15) is 0 Å². The number of halogens is 1. The van der Waals surface area contributed by atoms with E-state index >= 15 is 0 Å². The highest BCUT2D eigenvalue weighted by Gasteiger charge is 2.14. The molecule has 0 amide bonds. The van der Waals surface area contributed by atoms with Crippen molar-refractivity contribution < 1.29 is 4.92 Å². The predicted molar refractivity (Wildman–Crippen MR) is 104 cm³/mol. The molecule has 0 aliphatic heterocycles. The van der Waals surface area contributed by atoms with E-state index in [0.717, 1.165) is 33.3 Å². The van der Waals surface area contributed by atoms with Gasteiger partial charge in [-0.1, -0.05) is 6.07 Å². The third kappa shape index (κ3) is 2.93. The molecule has 2 heterocycles. The first-order valence-electron chi connectivity index (χ1n) is 7.78. The van der Waals surface area contributed by atoms with Crippen LogP contribution in [0.3, 0.4) is 0 Å². The number of benzene rings is 2. The van der Waals surface area contributed by atoms with E-state index in [2.05, 4.69) is 20.3 Å². The predicted octanol–water partition coefficient (Wildman–Crippen LogP) is 4.80. The summed E-state index contributed by atoms with van der Waals surface area (Å²) >= 11 is 0. The molecule has 0 spiro atoms. The van der Waals surface area contributed by atoms with E-state index in [1.807, 2.05) is 31.2 Å². The van der Waals surface area contributed by atoms with E-state index in [4.69, 9.17) is 0 Å². The van der Waals surface area contributed by atoms with Gasteiger partial charge in [0.05, 0.1) is 33.5 Å². The molecule has 132 valence electrons. The molecule has 2 aromatic carbocycles. The van der Waals surface area contributed by atoms with Crippen molar-refractivity contribution >= 4 is 51.4 Å². The minimum Gasteiger partial charge on any atom is -0.355 e. The van der Waals surface area contributed by atoms with Gasteiger partial charge in [-0.05, 0) is 38.1 Å². The topological polar surface area (TPSA) is 96.7 Å². The molecule has 7 nitrogen and oxygen atoms in total. The van der Waals surface area contributed by atoms with Gasteiger partial charge in [0, 0.05) is 28.4 Å². The van der Waals surface area contributed by atoms with Gasteiger partial charge in [-0.25, -0.2) is 4.98 Å². The van der Waals surface area contributed by atoms with E-state index in [-0.39, 0.29) is 23.0 Å².